The maximum absolute atomic E-state index is 12.1. The second-order valence-corrected chi connectivity index (χ2v) is 4.36. The second-order valence-electron chi connectivity index (χ2n) is 4.36. The molecule has 3 aromatic rings. The van der Waals surface area contributed by atoms with Gasteiger partial charge in [-0.25, -0.2) is 0 Å². The Labute approximate surface area is 116 Å². The van der Waals surface area contributed by atoms with Crippen LogP contribution in [0.1, 0.15) is 27.7 Å². The maximum Gasteiger partial charge on any atom is 0.289 e. The van der Waals surface area contributed by atoms with Crippen LogP contribution in [0.2, 0.25) is 0 Å². The number of carbonyl (C=O) groups excluding carboxylic acids is 1. The predicted molar refractivity (Wildman–Crippen MR) is 73.4 cm³/mol. The quantitative estimate of drug-likeness (QED) is 0.680. The number of rotatable bonds is 4. The minimum Gasteiger partial charge on any atom is -0.418 e. The van der Waals surface area contributed by atoms with E-state index in [4.69, 9.17) is 4.42 Å². The highest BCUT2D eigenvalue weighted by Crippen LogP contribution is 2.11. The fraction of sp³-hybridized carbons (Fsp3) is 0.0625. The fourth-order valence-electron chi connectivity index (χ4n) is 1.90. The molecule has 0 fully saturated rings. The molecule has 3 rings (SSSR count). The summed E-state index contributed by atoms with van der Waals surface area (Å²) in [5.41, 5.74) is 1.61. The van der Waals surface area contributed by atoms with Gasteiger partial charge in [0.2, 0.25) is 11.7 Å². The Bertz CT molecular complexity index is 706. The van der Waals surface area contributed by atoms with Crippen molar-refractivity contribution < 1.29 is 9.21 Å². The Hall–Kier alpha value is -2.75. The van der Waals surface area contributed by atoms with Crippen molar-refractivity contribution >= 4 is 5.78 Å². The first kappa shape index (κ1) is 12.3. The fourth-order valence-corrected chi connectivity index (χ4v) is 1.90. The van der Waals surface area contributed by atoms with Crippen LogP contribution >= 0.6 is 0 Å². The Morgan fingerprint density at radius 3 is 2.25 bits per heavy atom. The first-order valence-electron chi connectivity index (χ1n) is 6.29. The van der Waals surface area contributed by atoms with E-state index in [0.717, 1.165) is 5.56 Å². The Kier molecular flexibility index (Phi) is 3.37. The van der Waals surface area contributed by atoms with Crippen LogP contribution in [0.25, 0.3) is 0 Å². The standard InChI is InChI=1S/C16H12N2O2/c19-15(13-9-5-2-6-10-13)16-18-17-14(20-16)11-12-7-3-1-4-8-12/h1-10H,11H2. The largest absolute Gasteiger partial charge is 0.418 e. The van der Waals surface area contributed by atoms with Gasteiger partial charge in [0.25, 0.3) is 5.89 Å². The molecular formula is C16H12N2O2. The first-order chi connectivity index (χ1) is 9.83. The van der Waals surface area contributed by atoms with Crippen LogP contribution in [0.3, 0.4) is 0 Å². The first-order valence-corrected chi connectivity index (χ1v) is 6.29. The highest BCUT2D eigenvalue weighted by molar-refractivity contribution is 6.05. The average molecular weight is 264 g/mol. The number of nitrogens with zero attached hydrogens (tertiary/aromatic N) is 2. The summed E-state index contributed by atoms with van der Waals surface area (Å²) in [4.78, 5) is 12.1. The third-order valence-electron chi connectivity index (χ3n) is 2.90. The van der Waals surface area contributed by atoms with Gasteiger partial charge in [-0.3, -0.25) is 4.79 Å². The number of hydrogen-bond acceptors (Lipinski definition) is 4. The van der Waals surface area contributed by atoms with Gasteiger partial charge in [0.15, 0.2) is 0 Å². The maximum atomic E-state index is 12.1. The minimum absolute atomic E-state index is 0.0298. The van der Waals surface area contributed by atoms with Crippen molar-refractivity contribution in [2.24, 2.45) is 0 Å². The summed E-state index contributed by atoms with van der Waals surface area (Å²) in [6.07, 6.45) is 0.524. The van der Waals surface area contributed by atoms with Crippen molar-refractivity contribution in [2.75, 3.05) is 0 Å². The highest BCUT2D eigenvalue weighted by Gasteiger charge is 2.16. The van der Waals surface area contributed by atoms with E-state index in [9.17, 15) is 4.79 Å². The minimum atomic E-state index is -0.252. The van der Waals surface area contributed by atoms with Gasteiger partial charge in [-0.2, -0.15) is 0 Å². The Morgan fingerprint density at radius 1 is 0.900 bits per heavy atom. The molecule has 0 N–H and O–H groups in total. The van der Waals surface area contributed by atoms with E-state index in [2.05, 4.69) is 10.2 Å². The van der Waals surface area contributed by atoms with Gasteiger partial charge in [0.1, 0.15) is 0 Å². The lowest BCUT2D eigenvalue weighted by atomic mass is 10.1. The molecule has 2 aromatic carbocycles. The van der Waals surface area contributed by atoms with Gasteiger partial charge in [0, 0.05) is 5.56 Å². The molecule has 1 heterocycles. The Balaban J connectivity index is 1.79. The molecule has 4 nitrogen and oxygen atoms in total. The molecule has 0 unspecified atom stereocenters. The zero-order valence-electron chi connectivity index (χ0n) is 10.7. The summed E-state index contributed by atoms with van der Waals surface area (Å²) in [7, 11) is 0. The van der Waals surface area contributed by atoms with Crippen molar-refractivity contribution in [3.8, 4) is 0 Å². The van der Waals surface area contributed by atoms with Crippen molar-refractivity contribution in [1.82, 2.24) is 10.2 Å². The molecule has 0 aliphatic heterocycles. The number of hydrogen-bond donors (Lipinski definition) is 0. The third kappa shape index (κ3) is 2.64. The van der Waals surface area contributed by atoms with Crippen molar-refractivity contribution in [3.63, 3.8) is 0 Å². The summed E-state index contributed by atoms with van der Waals surface area (Å²) in [5.74, 6) is 0.218. The van der Waals surface area contributed by atoms with Crippen LogP contribution in [0.5, 0.6) is 0 Å². The van der Waals surface area contributed by atoms with Gasteiger partial charge < -0.3 is 4.42 Å². The summed E-state index contributed by atoms with van der Waals surface area (Å²) >= 11 is 0. The predicted octanol–water partition coefficient (Wildman–Crippen LogP) is 2.89. The summed E-state index contributed by atoms with van der Waals surface area (Å²) < 4.78 is 5.43. The molecular weight excluding hydrogens is 252 g/mol. The molecule has 0 atom stereocenters. The molecule has 0 saturated heterocycles. The van der Waals surface area contributed by atoms with Crippen LogP contribution < -0.4 is 0 Å². The van der Waals surface area contributed by atoms with Crippen molar-refractivity contribution in [2.45, 2.75) is 6.42 Å². The highest BCUT2D eigenvalue weighted by atomic mass is 16.4. The summed E-state index contributed by atoms with van der Waals surface area (Å²) in [6.45, 7) is 0. The molecule has 0 saturated carbocycles. The molecule has 0 bridgehead atoms. The number of carbonyl (C=O) groups is 1. The van der Waals surface area contributed by atoms with Gasteiger partial charge in [-0.1, -0.05) is 60.7 Å². The van der Waals surface area contributed by atoms with Gasteiger partial charge in [-0.15, -0.1) is 10.2 Å². The number of ketones is 1. The van der Waals surface area contributed by atoms with E-state index < -0.39 is 0 Å². The number of benzene rings is 2. The van der Waals surface area contributed by atoms with Crippen LogP contribution in [0.15, 0.2) is 65.1 Å². The van der Waals surface area contributed by atoms with E-state index >= 15 is 0 Å². The van der Waals surface area contributed by atoms with E-state index in [1.807, 2.05) is 36.4 Å². The molecule has 20 heavy (non-hydrogen) atoms. The molecule has 0 aliphatic carbocycles. The van der Waals surface area contributed by atoms with Crippen LogP contribution in [0.4, 0.5) is 0 Å². The van der Waals surface area contributed by atoms with E-state index in [0.29, 0.717) is 17.9 Å². The van der Waals surface area contributed by atoms with E-state index in [1.165, 1.54) is 0 Å². The molecule has 0 aliphatic rings. The zero-order valence-corrected chi connectivity index (χ0v) is 10.7. The summed E-state index contributed by atoms with van der Waals surface area (Å²) in [6, 6.07) is 18.7. The van der Waals surface area contributed by atoms with Crippen molar-refractivity contribution in [1.29, 1.82) is 0 Å². The molecule has 1 aromatic heterocycles. The van der Waals surface area contributed by atoms with Gasteiger partial charge in [-0.05, 0) is 5.56 Å². The van der Waals surface area contributed by atoms with E-state index in [-0.39, 0.29) is 11.7 Å². The van der Waals surface area contributed by atoms with Crippen molar-refractivity contribution in [3.05, 3.63) is 83.6 Å². The second kappa shape index (κ2) is 5.48. The Morgan fingerprint density at radius 2 is 1.55 bits per heavy atom. The molecule has 0 amide bonds. The monoisotopic (exact) mass is 264 g/mol. The molecule has 0 spiro atoms. The normalized spacial score (nSPS) is 10.4. The zero-order chi connectivity index (χ0) is 13.8. The third-order valence-corrected chi connectivity index (χ3v) is 2.90. The topological polar surface area (TPSA) is 56.0 Å². The van der Waals surface area contributed by atoms with Crippen LogP contribution in [-0.2, 0) is 6.42 Å². The SMILES string of the molecule is O=C(c1ccccc1)c1nnc(Cc2ccccc2)o1. The smallest absolute Gasteiger partial charge is 0.289 e. The van der Waals surface area contributed by atoms with Gasteiger partial charge in [0.05, 0.1) is 6.42 Å². The molecule has 98 valence electrons. The lowest BCUT2D eigenvalue weighted by molar-refractivity contribution is 0.100. The lowest BCUT2D eigenvalue weighted by Crippen LogP contribution is -2.01. The van der Waals surface area contributed by atoms with Gasteiger partial charge >= 0.3 is 0 Å². The van der Waals surface area contributed by atoms with Crippen LogP contribution in [-0.4, -0.2) is 16.0 Å². The number of aromatic nitrogens is 2. The average Bonchev–Trinajstić information content (AvgIpc) is 2.97. The lowest BCUT2D eigenvalue weighted by Gasteiger charge is -1.96. The molecule has 0 radical (unpaired) electrons. The summed E-state index contributed by atoms with van der Waals surface area (Å²) in [5, 5.41) is 7.74. The van der Waals surface area contributed by atoms with Crippen LogP contribution in [0, 0.1) is 0 Å². The molecule has 4 heteroatoms. The van der Waals surface area contributed by atoms with E-state index in [1.54, 1.807) is 24.3 Å².